The number of cyclic esters (lactones) is 1. The molecule has 0 saturated carbocycles. The van der Waals surface area contributed by atoms with Gasteiger partial charge >= 0.3 is 5.97 Å². The van der Waals surface area contributed by atoms with Gasteiger partial charge in [0.15, 0.2) is 0 Å². The SMILES string of the molecule is N#Cc1ccc(C=C2OC(=O)C=C2c2ccccc2)cc1. The van der Waals surface area contributed by atoms with E-state index < -0.39 is 0 Å². The Kier molecular flexibility index (Phi) is 3.36. The number of carbonyl (C=O) groups excluding carboxylic acids is 1. The van der Waals surface area contributed by atoms with E-state index in [1.54, 1.807) is 18.2 Å². The fourth-order valence-corrected chi connectivity index (χ4v) is 2.14. The number of hydrogen-bond donors (Lipinski definition) is 0. The summed E-state index contributed by atoms with van der Waals surface area (Å²) in [7, 11) is 0. The van der Waals surface area contributed by atoms with Gasteiger partial charge in [0.05, 0.1) is 11.6 Å². The predicted molar refractivity (Wildman–Crippen MR) is 79.6 cm³/mol. The van der Waals surface area contributed by atoms with Crippen molar-refractivity contribution < 1.29 is 9.53 Å². The third-order valence-corrected chi connectivity index (χ3v) is 3.16. The topological polar surface area (TPSA) is 50.1 Å². The van der Waals surface area contributed by atoms with Crippen molar-refractivity contribution in [2.24, 2.45) is 0 Å². The van der Waals surface area contributed by atoms with Crippen LogP contribution in [0.2, 0.25) is 0 Å². The van der Waals surface area contributed by atoms with Crippen LogP contribution in [-0.4, -0.2) is 5.97 Å². The molecule has 21 heavy (non-hydrogen) atoms. The van der Waals surface area contributed by atoms with Crippen LogP contribution in [0.3, 0.4) is 0 Å². The number of rotatable bonds is 2. The van der Waals surface area contributed by atoms with Crippen molar-refractivity contribution in [2.75, 3.05) is 0 Å². The molecule has 3 rings (SSSR count). The minimum Gasteiger partial charge on any atom is -0.423 e. The first kappa shape index (κ1) is 12.9. The lowest BCUT2D eigenvalue weighted by Crippen LogP contribution is -1.91. The Balaban J connectivity index is 1.97. The Hall–Kier alpha value is -3.12. The van der Waals surface area contributed by atoms with Gasteiger partial charge in [-0.1, -0.05) is 42.5 Å². The zero-order valence-electron chi connectivity index (χ0n) is 11.1. The van der Waals surface area contributed by atoms with Crippen LogP contribution in [0.5, 0.6) is 0 Å². The second kappa shape index (κ2) is 5.48. The van der Waals surface area contributed by atoms with Gasteiger partial charge in [-0.05, 0) is 29.3 Å². The summed E-state index contributed by atoms with van der Waals surface area (Å²) in [5.74, 6) is 0.157. The van der Waals surface area contributed by atoms with E-state index in [4.69, 9.17) is 10.00 Å². The molecular formula is C18H11NO2. The summed E-state index contributed by atoms with van der Waals surface area (Å²) in [5, 5.41) is 8.79. The number of benzene rings is 2. The van der Waals surface area contributed by atoms with Crippen LogP contribution >= 0.6 is 0 Å². The minimum atomic E-state index is -0.367. The quantitative estimate of drug-likeness (QED) is 0.786. The number of allylic oxidation sites excluding steroid dienone is 1. The number of hydrogen-bond acceptors (Lipinski definition) is 3. The third kappa shape index (κ3) is 2.75. The van der Waals surface area contributed by atoms with Crippen LogP contribution in [0.1, 0.15) is 16.7 Å². The fourth-order valence-electron chi connectivity index (χ4n) is 2.14. The summed E-state index contributed by atoms with van der Waals surface area (Å²) in [6.45, 7) is 0. The molecule has 0 aromatic heterocycles. The Morgan fingerprint density at radius 2 is 1.71 bits per heavy atom. The lowest BCUT2D eigenvalue weighted by atomic mass is 10.0. The number of ether oxygens (including phenoxy) is 1. The summed E-state index contributed by atoms with van der Waals surface area (Å²) >= 11 is 0. The van der Waals surface area contributed by atoms with Crippen LogP contribution in [0.25, 0.3) is 11.6 Å². The smallest absolute Gasteiger partial charge is 0.336 e. The largest absolute Gasteiger partial charge is 0.423 e. The van der Waals surface area contributed by atoms with Crippen molar-refractivity contribution in [3.63, 3.8) is 0 Å². The molecule has 2 aromatic rings. The molecule has 0 unspecified atom stereocenters. The van der Waals surface area contributed by atoms with Crippen molar-refractivity contribution >= 4 is 17.6 Å². The van der Waals surface area contributed by atoms with Gasteiger partial charge in [-0.2, -0.15) is 5.26 Å². The van der Waals surface area contributed by atoms with Gasteiger partial charge in [0.25, 0.3) is 0 Å². The third-order valence-electron chi connectivity index (χ3n) is 3.16. The average Bonchev–Trinajstić information content (AvgIpc) is 2.89. The van der Waals surface area contributed by atoms with Gasteiger partial charge in [-0.3, -0.25) is 0 Å². The highest BCUT2D eigenvalue weighted by Crippen LogP contribution is 2.30. The average molecular weight is 273 g/mol. The first-order chi connectivity index (χ1) is 10.3. The van der Waals surface area contributed by atoms with E-state index in [1.807, 2.05) is 42.5 Å². The van der Waals surface area contributed by atoms with E-state index in [0.717, 1.165) is 16.7 Å². The molecule has 0 saturated heterocycles. The maximum absolute atomic E-state index is 11.5. The highest BCUT2D eigenvalue weighted by Gasteiger charge is 2.21. The van der Waals surface area contributed by atoms with E-state index in [1.165, 1.54) is 6.08 Å². The Bertz CT molecular complexity index is 778. The van der Waals surface area contributed by atoms with Crippen molar-refractivity contribution in [2.45, 2.75) is 0 Å². The standard InChI is InChI=1S/C18H11NO2/c19-12-14-8-6-13(7-9-14)10-17-16(11-18(20)21-17)15-4-2-1-3-5-15/h1-11H. The maximum Gasteiger partial charge on any atom is 0.336 e. The van der Waals surface area contributed by atoms with Gasteiger partial charge in [0.1, 0.15) is 5.76 Å². The van der Waals surface area contributed by atoms with Crippen molar-refractivity contribution in [3.8, 4) is 6.07 Å². The summed E-state index contributed by atoms with van der Waals surface area (Å²) in [6, 6.07) is 18.8. The highest BCUT2D eigenvalue weighted by atomic mass is 16.5. The normalized spacial score (nSPS) is 15.5. The highest BCUT2D eigenvalue weighted by molar-refractivity contribution is 6.03. The molecule has 0 atom stereocenters. The fraction of sp³-hybridized carbons (Fsp3) is 0. The molecule has 0 aliphatic carbocycles. The van der Waals surface area contributed by atoms with Crippen molar-refractivity contribution in [3.05, 3.63) is 83.1 Å². The maximum atomic E-state index is 11.5. The van der Waals surface area contributed by atoms with Gasteiger partial charge < -0.3 is 4.74 Å². The molecule has 0 N–H and O–H groups in total. The van der Waals surface area contributed by atoms with E-state index in [2.05, 4.69) is 6.07 Å². The molecule has 2 aromatic carbocycles. The summed E-state index contributed by atoms with van der Waals surface area (Å²) < 4.78 is 5.25. The lowest BCUT2D eigenvalue weighted by Gasteiger charge is -2.05. The Labute approximate surface area is 122 Å². The lowest BCUT2D eigenvalue weighted by molar-refractivity contribution is -0.132. The monoisotopic (exact) mass is 273 g/mol. The van der Waals surface area contributed by atoms with Crippen molar-refractivity contribution in [1.82, 2.24) is 0 Å². The van der Waals surface area contributed by atoms with Gasteiger partial charge in [-0.15, -0.1) is 0 Å². The molecule has 1 heterocycles. The van der Waals surface area contributed by atoms with E-state index >= 15 is 0 Å². The molecular weight excluding hydrogens is 262 g/mol. The van der Waals surface area contributed by atoms with Crippen LogP contribution < -0.4 is 0 Å². The van der Waals surface area contributed by atoms with Gasteiger partial charge in [-0.25, -0.2) is 4.79 Å². The van der Waals surface area contributed by atoms with Crippen LogP contribution in [0, 0.1) is 11.3 Å². The number of nitriles is 1. The molecule has 1 aliphatic heterocycles. The zero-order valence-corrected chi connectivity index (χ0v) is 11.1. The molecule has 0 amide bonds. The minimum absolute atomic E-state index is 0.367. The second-order valence-corrected chi connectivity index (χ2v) is 4.59. The van der Waals surface area contributed by atoms with Crippen molar-refractivity contribution in [1.29, 1.82) is 5.26 Å². The molecule has 3 heteroatoms. The molecule has 0 bridgehead atoms. The Morgan fingerprint density at radius 3 is 2.38 bits per heavy atom. The van der Waals surface area contributed by atoms with E-state index in [-0.39, 0.29) is 5.97 Å². The predicted octanol–water partition coefficient (Wildman–Crippen LogP) is 3.54. The van der Waals surface area contributed by atoms with Crippen LogP contribution in [0.4, 0.5) is 0 Å². The molecule has 0 spiro atoms. The molecule has 3 nitrogen and oxygen atoms in total. The Morgan fingerprint density at radius 1 is 1.00 bits per heavy atom. The molecule has 100 valence electrons. The van der Waals surface area contributed by atoms with Crippen LogP contribution in [0.15, 0.2) is 66.4 Å². The summed E-state index contributed by atoms with van der Waals surface area (Å²) in [4.78, 5) is 11.5. The zero-order chi connectivity index (χ0) is 14.7. The summed E-state index contributed by atoms with van der Waals surface area (Å²) in [6.07, 6.45) is 3.29. The first-order valence-corrected chi connectivity index (χ1v) is 6.47. The first-order valence-electron chi connectivity index (χ1n) is 6.47. The number of nitrogens with zero attached hydrogens (tertiary/aromatic N) is 1. The molecule has 0 fully saturated rings. The van der Waals surface area contributed by atoms with Gasteiger partial charge in [0, 0.05) is 11.6 Å². The van der Waals surface area contributed by atoms with E-state index in [9.17, 15) is 4.79 Å². The summed E-state index contributed by atoms with van der Waals surface area (Å²) in [5.41, 5.74) is 3.17. The number of esters is 1. The molecule has 1 aliphatic rings. The second-order valence-electron chi connectivity index (χ2n) is 4.59. The van der Waals surface area contributed by atoms with Crippen LogP contribution in [-0.2, 0) is 9.53 Å². The van der Waals surface area contributed by atoms with E-state index in [0.29, 0.717) is 11.3 Å². The van der Waals surface area contributed by atoms with Gasteiger partial charge in [0.2, 0.25) is 0 Å². The number of carbonyl (C=O) groups is 1. The molecule has 0 radical (unpaired) electrons.